The Kier molecular flexibility index (Phi) is 5.29. The molecular formula is C24H23NO3. The van der Waals surface area contributed by atoms with Crippen molar-refractivity contribution >= 4 is 27.6 Å². The number of fused-ring (bicyclic) bond motifs is 3. The van der Waals surface area contributed by atoms with Gasteiger partial charge in [-0.25, -0.2) is 0 Å². The van der Waals surface area contributed by atoms with Crippen LogP contribution < -0.4 is 9.47 Å². The number of aromatic nitrogens is 1. The van der Waals surface area contributed by atoms with E-state index < -0.39 is 0 Å². The first-order chi connectivity index (χ1) is 13.7. The summed E-state index contributed by atoms with van der Waals surface area (Å²) in [4.78, 5) is 15.5. The van der Waals surface area contributed by atoms with Crippen LogP contribution in [0.1, 0.15) is 18.4 Å². The molecule has 4 rings (SSSR count). The standard InChI is InChI=1S/C24H23NO3/c1-17-7-2-5-11-24(17)27-14-6-8-18(26)16-28-19-12-13-21-20-9-3-4-10-22(20)25-23(21)15-19/h2-5,7,9-13,15,25H,6,8,14,16H2,1H3. The van der Waals surface area contributed by atoms with Crippen molar-refractivity contribution in [2.75, 3.05) is 13.2 Å². The largest absolute Gasteiger partial charge is 0.493 e. The summed E-state index contributed by atoms with van der Waals surface area (Å²) in [6, 6.07) is 22.0. The van der Waals surface area contributed by atoms with Gasteiger partial charge in [-0.1, -0.05) is 36.4 Å². The van der Waals surface area contributed by atoms with E-state index in [0.717, 1.165) is 27.7 Å². The maximum Gasteiger partial charge on any atom is 0.170 e. The first-order valence-corrected chi connectivity index (χ1v) is 9.54. The van der Waals surface area contributed by atoms with Crippen LogP contribution in [0.4, 0.5) is 0 Å². The number of rotatable bonds is 8. The van der Waals surface area contributed by atoms with E-state index in [1.165, 1.54) is 5.39 Å². The van der Waals surface area contributed by atoms with Crippen LogP contribution in [0.2, 0.25) is 0 Å². The number of carbonyl (C=O) groups is 1. The molecule has 0 bridgehead atoms. The molecule has 0 unspecified atom stereocenters. The van der Waals surface area contributed by atoms with Gasteiger partial charge in [0.25, 0.3) is 0 Å². The van der Waals surface area contributed by atoms with Crippen LogP contribution in [0.5, 0.6) is 11.5 Å². The highest BCUT2D eigenvalue weighted by Gasteiger charge is 2.07. The number of aromatic amines is 1. The Morgan fingerprint density at radius 2 is 1.68 bits per heavy atom. The van der Waals surface area contributed by atoms with Crippen LogP contribution in [-0.4, -0.2) is 24.0 Å². The Labute approximate surface area is 164 Å². The lowest BCUT2D eigenvalue weighted by atomic mass is 10.1. The summed E-state index contributed by atoms with van der Waals surface area (Å²) >= 11 is 0. The summed E-state index contributed by atoms with van der Waals surface area (Å²) < 4.78 is 11.4. The van der Waals surface area contributed by atoms with Crippen LogP contribution >= 0.6 is 0 Å². The van der Waals surface area contributed by atoms with E-state index in [2.05, 4.69) is 17.1 Å². The first kappa shape index (κ1) is 18.1. The van der Waals surface area contributed by atoms with Crippen molar-refractivity contribution in [2.45, 2.75) is 19.8 Å². The number of ketones is 1. The van der Waals surface area contributed by atoms with Gasteiger partial charge in [-0.05, 0) is 43.2 Å². The lowest BCUT2D eigenvalue weighted by Crippen LogP contribution is -2.12. The van der Waals surface area contributed by atoms with Crippen molar-refractivity contribution in [2.24, 2.45) is 0 Å². The Hall–Kier alpha value is -3.27. The smallest absolute Gasteiger partial charge is 0.170 e. The molecule has 4 aromatic rings. The van der Waals surface area contributed by atoms with Gasteiger partial charge in [0.1, 0.15) is 18.1 Å². The van der Waals surface area contributed by atoms with Gasteiger partial charge in [-0.3, -0.25) is 4.79 Å². The molecule has 3 aromatic carbocycles. The summed E-state index contributed by atoms with van der Waals surface area (Å²) in [7, 11) is 0. The SMILES string of the molecule is Cc1ccccc1OCCCC(=O)COc1ccc2c(c1)[nH]c1ccccc12. The van der Waals surface area contributed by atoms with E-state index >= 15 is 0 Å². The van der Waals surface area contributed by atoms with E-state index in [1.54, 1.807) is 0 Å². The summed E-state index contributed by atoms with van der Waals surface area (Å²) in [5.74, 6) is 1.64. The summed E-state index contributed by atoms with van der Waals surface area (Å²) in [6.07, 6.45) is 1.12. The number of ether oxygens (including phenoxy) is 2. The molecule has 4 heteroatoms. The molecule has 0 saturated carbocycles. The number of carbonyl (C=O) groups excluding carboxylic acids is 1. The normalized spacial score (nSPS) is 11.0. The molecule has 1 heterocycles. The van der Waals surface area contributed by atoms with Crippen LogP contribution in [-0.2, 0) is 4.79 Å². The fourth-order valence-corrected chi connectivity index (χ4v) is 3.33. The molecule has 0 fully saturated rings. The van der Waals surface area contributed by atoms with Gasteiger partial charge >= 0.3 is 0 Å². The van der Waals surface area contributed by atoms with Gasteiger partial charge in [0.05, 0.1) is 12.1 Å². The van der Waals surface area contributed by atoms with Gasteiger partial charge in [-0.15, -0.1) is 0 Å². The average Bonchev–Trinajstić information content (AvgIpc) is 3.08. The molecule has 0 spiro atoms. The number of hydrogen-bond acceptors (Lipinski definition) is 3. The summed E-state index contributed by atoms with van der Waals surface area (Å²) in [5, 5.41) is 2.34. The number of H-pyrrole nitrogens is 1. The van der Waals surface area contributed by atoms with E-state index in [0.29, 0.717) is 25.2 Å². The average molecular weight is 373 g/mol. The minimum atomic E-state index is 0.0742. The molecule has 0 radical (unpaired) electrons. The molecule has 0 atom stereocenters. The van der Waals surface area contributed by atoms with Crippen LogP contribution in [0.25, 0.3) is 21.8 Å². The molecule has 4 nitrogen and oxygen atoms in total. The Balaban J connectivity index is 1.27. The number of aryl methyl sites for hydroxylation is 1. The zero-order valence-corrected chi connectivity index (χ0v) is 15.9. The maximum atomic E-state index is 12.1. The third kappa shape index (κ3) is 4.01. The van der Waals surface area contributed by atoms with E-state index in [-0.39, 0.29) is 12.4 Å². The number of nitrogens with one attached hydrogen (secondary N) is 1. The molecule has 0 aliphatic carbocycles. The minimum absolute atomic E-state index is 0.0742. The third-order valence-corrected chi connectivity index (χ3v) is 4.83. The Morgan fingerprint density at radius 3 is 2.57 bits per heavy atom. The lowest BCUT2D eigenvalue weighted by Gasteiger charge is -2.09. The zero-order chi connectivity index (χ0) is 19.3. The maximum absolute atomic E-state index is 12.1. The molecule has 1 N–H and O–H groups in total. The topological polar surface area (TPSA) is 51.3 Å². The second kappa shape index (κ2) is 8.17. The van der Waals surface area contributed by atoms with Crippen molar-refractivity contribution in [1.82, 2.24) is 4.98 Å². The Bertz CT molecular complexity index is 1110. The van der Waals surface area contributed by atoms with E-state index in [4.69, 9.17) is 9.47 Å². The molecular weight excluding hydrogens is 350 g/mol. The quantitative estimate of drug-likeness (QED) is 0.419. The van der Waals surface area contributed by atoms with Crippen LogP contribution in [0, 0.1) is 6.92 Å². The molecule has 142 valence electrons. The number of hydrogen-bond donors (Lipinski definition) is 1. The first-order valence-electron chi connectivity index (χ1n) is 9.54. The van der Waals surface area contributed by atoms with E-state index in [1.807, 2.05) is 61.5 Å². The van der Waals surface area contributed by atoms with Gasteiger partial charge < -0.3 is 14.5 Å². The second-order valence-electron chi connectivity index (χ2n) is 6.92. The predicted molar refractivity (Wildman–Crippen MR) is 112 cm³/mol. The molecule has 0 aliphatic heterocycles. The molecule has 0 saturated heterocycles. The van der Waals surface area contributed by atoms with Crippen molar-refractivity contribution in [3.05, 3.63) is 72.3 Å². The molecule has 0 amide bonds. The van der Waals surface area contributed by atoms with Crippen molar-refractivity contribution < 1.29 is 14.3 Å². The summed E-state index contributed by atoms with van der Waals surface area (Å²) in [6.45, 7) is 2.62. The van der Waals surface area contributed by atoms with Crippen LogP contribution in [0.15, 0.2) is 66.7 Å². The highest BCUT2D eigenvalue weighted by molar-refractivity contribution is 6.07. The van der Waals surface area contributed by atoms with Gasteiger partial charge in [0, 0.05) is 28.8 Å². The predicted octanol–water partition coefficient (Wildman–Crippen LogP) is 5.44. The zero-order valence-electron chi connectivity index (χ0n) is 15.9. The minimum Gasteiger partial charge on any atom is -0.493 e. The van der Waals surface area contributed by atoms with Gasteiger partial charge in [0.15, 0.2) is 5.78 Å². The second-order valence-corrected chi connectivity index (χ2v) is 6.92. The fourth-order valence-electron chi connectivity index (χ4n) is 3.33. The Morgan fingerprint density at radius 1 is 0.893 bits per heavy atom. The molecule has 0 aliphatic rings. The highest BCUT2D eigenvalue weighted by atomic mass is 16.5. The molecule has 28 heavy (non-hydrogen) atoms. The van der Waals surface area contributed by atoms with Crippen molar-refractivity contribution in [3.8, 4) is 11.5 Å². The highest BCUT2D eigenvalue weighted by Crippen LogP contribution is 2.28. The monoisotopic (exact) mass is 373 g/mol. The van der Waals surface area contributed by atoms with Gasteiger partial charge in [0.2, 0.25) is 0 Å². The van der Waals surface area contributed by atoms with E-state index in [9.17, 15) is 4.79 Å². The lowest BCUT2D eigenvalue weighted by molar-refractivity contribution is -0.121. The van der Waals surface area contributed by atoms with Crippen molar-refractivity contribution in [1.29, 1.82) is 0 Å². The number of Topliss-reactive ketones (excluding diaryl/α,β-unsaturated/α-hetero) is 1. The molecule has 1 aromatic heterocycles. The van der Waals surface area contributed by atoms with Gasteiger partial charge in [-0.2, -0.15) is 0 Å². The third-order valence-electron chi connectivity index (χ3n) is 4.83. The van der Waals surface area contributed by atoms with Crippen molar-refractivity contribution in [3.63, 3.8) is 0 Å². The summed E-state index contributed by atoms with van der Waals surface area (Å²) in [5.41, 5.74) is 3.21. The number of benzene rings is 3. The number of para-hydroxylation sites is 2. The van der Waals surface area contributed by atoms with Crippen LogP contribution in [0.3, 0.4) is 0 Å². The fraction of sp³-hybridized carbons (Fsp3) is 0.208.